The summed E-state index contributed by atoms with van der Waals surface area (Å²) in [5.74, 6) is 0.339. The molecule has 1 fully saturated rings. The lowest BCUT2D eigenvalue weighted by atomic mass is 10.0. The van der Waals surface area contributed by atoms with Crippen LogP contribution in [0.15, 0.2) is 17.5 Å². The van der Waals surface area contributed by atoms with Gasteiger partial charge in [-0.15, -0.1) is 11.3 Å². The van der Waals surface area contributed by atoms with E-state index in [9.17, 15) is 14.4 Å². The summed E-state index contributed by atoms with van der Waals surface area (Å²) in [6.45, 7) is 6.41. The van der Waals surface area contributed by atoms with Crippen LogP contribution < -0.4 is 0 Å². The molecular weight excluding hydrogens is 324 g/mol. The summed E-state index contributed by atoms with van der Waals surface area (Å²) in [4.78, 5) is 41.0. The molecule has 132 valence electrons. The minimum Gasteiger partial charge on any atom is -0.339 e. The van der Waals surface area contributed by atoms with Crippen LogP contribution in [-0.4, -0.2) is 53.6 Å². The molecule has 2 heterocycles. The number of rotatable bonds is 7. The van der Waals surface area contributed by atoms with Crippen LogP contribution in [0.25, 0.3) is 0 Å². The molecule has 5 nitrogen and oxygen atoms in total. The smallest absolute Gasteiger partial charge is 0.225 e. The van der Waals surface area contributed by atoms with E-state index in [2.05, 4.69) is 0 Å². The zero-order valence-electron chi connectivity index (χ0n) is 14.5. The van der Waals surface area contributed by atoms with Gasteiger partial charge in [0.25, 0.3) is 0 Å². The lowest BCUT2D eigenvalue weighted by Crippen LogP contribution is -2.51. The summed E-state index contributed by atoms with van der Waals surface area (Å²) in [5, 5.41) is 1.87. The van der Waals surface area contributed by atoms with Crippen LogP contribution in [0.3, 0.4) is 0 Å². The second-order valence-corrected chi connectivity index (χ2v) is 7.07. The number of hydrogen-bond donors (Lipinski definition) is 0. The lowest BCUT2D eigenvalue weighted by Gasteiger charge is -2.36. The predicted octanol–water partition coefficient (Wildman–Crippen LogP) is 2.82. The van der Waals surface area contributed by atoms with Crippen molar-refractivity contribution < 1.29 is 14.4 Å². The van der Waals surface area contributed by atoms with Gasteiger partial charge < -0.3 is 9.80 Å². The van der Waals surface area contributed by atoms with E-state index in [1.165, 1.54) is 11.3 Å². The number of Topliss-reactive ketones (excluding diaryl/α,β-unsaturated/α-hetero) is 1. The van der Waals surface area contributed by atoms with Gasteiger partial charge in [0.15, 0.2) is 5.78 Å². The quantitative estimate of drug-likeness (QED) is 0.711. The summed E-state index contributed by atoms with van der Waals surface area (Å²) >= 11 is 1.41. The van der Waals surface area contributed by atoms with Gasteiger partial charge in [-0.3, -0.25) is 14.4 Å². The van der Waals surface area contributed by atoms with Gasteiger partial charge in [0, 0.05) is 44.9 Å². The molecule has 2 rings (SSSR count). The van der Waals surface area contributed by atoms with E-state index >= 15 is 0 Å². The molecule has 1 aromatic rings. The summed E-state index contributed by atoms with van der Waals surface area (Å²) in [6, 6.07) is 3.63. The first-order valence-electron chi connectivity index (χ1n) is 8.70. The van der Waals surface area contributed by atoms with E-state index in [-0.39, 0.29) is 36.4 Å². The average Bonchev–Trinajstić information content (AvgIpc) is 3.15. The monoisotopic (exact) mass is 350 g/mol. The molecule has 0 N–H and O–H groups in total. The van der Waals surface area contributed by atoms with Crippen LogP contribution in [-0.2, 0) is 9.59 Å². The van der Waals surface area contributed by atoms with Crippen LogP contribution in [0.1, 0.15) is 49.2 Å². The maximum Gasteiger partial charge on any atom is 0.225 e. The summed E-state index contributed by atoms with van der Waals surface area (Å²) in [7, 11) is 0. The third-order valence-electron chi connectivity index (χ3n) is 4.64. The van der Waals surface area contributed by atoms with Crippen molar-refractivity contribution in [3.05, 3.63) is 22.4 Å². The van der Waals surface area contributed by atoms with Gasteiger partial charge in [0.05, 0.1) is 4.88 Å². The zero-order chi connectivity index (χ0) is 17.5. The number of carbonyl (C=O) groups is 3. The molecule has 0 atom stereocenters. The van der Waals surface area contributed by atoms with Gasteiger partial charge in [-0.1, -0.05) is 19.9 Å². The minimum atomic E-state index is 0.00883. The minimum absolute atomic E-state index is 0.00883. The second kappa shape index (κ2) is 8.97. The SMILES string of the molecule is CCC(CC)C(=O)N1CCN(C(=O)CCC(=O)c2cccs2)CC1. The van der Waals surface area contributed by atoms with Crippen molar-refractivity contribution in [2.45, 2.75) is 39.5 Å². The number of ketones is 1. The van der Waals surface area contributed by atoms with E-state index in [0.29, 0.717) is 31.1 Å². The normalized spacial score (nSPS) is 15.0. The molecule has 0 radical (unpaired) electrons. The van der Waals surface area contributed by atoms with E-state index < -0.39 is 0 Å². The van der Waals surface area contributed by atoms with Crippen molar-refractivity contribution >= 4 is 28.9 Å². The Morgan fingerprint density at radius 1 is 1.04 bits per heavy atom. The fraction of sp³-hybridized carbons (Fsp3) is 0.611. The van der Waals surface area contributed by atoms with Crippen LogP contribution in [0.5, 0.6) is 0 Å². The Hall–Kier alpha value is -1.69. The van der Waals surface area contributed by atoms with Crippen LogP contribution >= 0.6 is 11.3 Å². The zero-order valence-corrected chi connectivity index (χ0v) is 15.3. The topological polar surface area (TPSA) is 57.7 Å². The highest BCUT2D eigenvalue weighted by Gasteiger charge is 2.27. The average molecular weight is 350 g/mol. The Morgan fingerprint density at radius 2 is 1.67 bits per heavy atom. The lowest BCUT2D eigenvalue weighted by molar-refractivity contribution is -0.142. The van der Waals surface area contributed by atoms with Gasteiger partial charge in [0.2, 0.25) is 11.8 Å². The van der Waals surface area contributed by atoms with E-state index in [1.807, 2.05) is 30.2 Å². The Morgan fingerprint density at radius 3 is 2.21 bits per heavy atom. The van der Waals surface area contributed by atoms with Crippen LogP contribution in [0.4, 0.5) is 0 Å². The van der Waals surface area contributed by atoms with Crippen molar-refractivity contribution in [1.82, 2.24) is 9.80 Å². The highest BCUT2D eigenvalue weighted by molar-refractivity contribution is 7.12. The largest absolute Gasteiger partial charge is 0.339 e. The van der Waals surface area contributed by atoms with Crippen molar-refractivity contribution in [2.75, 3.05) is 26.2 Å². The van der Waals surface area contributed by atoms with E-state index in [4.69, 9.17) is 0 Å². The Bertz CT molecular complexity index is 559. The van der Waals surface area contributed by atoms with Crippen LogP contribution in [0.2, 0.25) is 0 Å². The van der Waals surface area contributed by atoms with Crippen LogP contribution in [0, 0.1) is 5.92 Å². The highest BCUT2D eigenvalue weighted by atomic mass is 32.1. The number of thiophene rings is 1. The van der Waals surface area contributed by atoms with Gasteiger partial charge in [-0.2, -0.15) is 0 Å². The molecule has 0 aliphatic carbocycles. The molecule has 6 heteroatoms. The van der Waals surface area contributed by atoms with Gasteiger partial charge >= 0.3 is 0 Å². The molecule has 0 bridgehead atoms. The molecule has 0 unspecified atom stereocenters. The van der Waals surface area contributed by atoms with Gasteiger partial charge in [0.1, 0.15) is 0 Å². The first-order chi connectivity index (χ1) is 11.6. The molecule has 1 aromatic heterocycles. The number of amides is 2. The number of nitrogens with zero attached hydrogens (tertiary/aromatic N) is 2. The molecule has 0 saturated carbocycles. The first-order valence-corrected chi connectivity index (χ1v) is 9.58. The fourth-order valence-corrected chi connectivity index (χ4v) is 3.71. The maximum absolute atomic E-state index is 12.4. The third-order valence-corrected chi connectivity index (χ3v) is 5.55. The van der Waals surface area contributed by atoms with Gasteiger partial charge in [-0.25, -0.2) is 0 Å². The van der Waals surface area contributed by atoms with Crippen molar-refractivity contribution in [3.8, 4) is 0 Å². The summed E-state index contributed by atoms with van der Waals surface area (Å²) in [5.41, 5.74) is 0. The summed E-state index contributed by atoms with van der Waals surface area (Å²) < 4.78 is 0. The predicted molar refractivity (Wildman–Crippen MR) is 95.1 cm³/mol. The van der Waals surface area contributed by atoms with Gasteiger partial charge in [-0.05, 0) is 24.3 Å². The molecule has 0 spiro atoms. The van der Waals surface area contributed by atoms with E-state index in [0.717, 1.165) is 12.8 Å². The van der Waals surface area contributed by atoms with Crippen molar-refractivity contribution in [3.63, 3.8) is 0 Å². The molecule has 1 aliphatic heterocycles. The highest BCUT2D eigenvalue weighted by Crippen LogP contribution is 2.16. The maximum atomic E-state index is 12.4. The number of piperazine rings is 1. The molecule has 1 aliphatic rings. The number of carbonyl (C=O) groups excluding carboxylic acids is 3. The molecule has 0 aromatic carbocycles. The molecule has 1 saturated heterocycles. The molecule has 24 heavy (non-hydrogen) atoms. The van der Waals surface area contributed by atoms with E-state index in [1.54, 1.807) is 11.0 Å². The second-order valence-electron chi connectivity index (χ2n) is 6.12. The van der Waals surface area contributed by atoms with Crippen molar-refractivity contribution in [1.29, 1.82) is 0 Å². The Labute approximate surface area is 147 Å². The van der Waals surface area contributed by atoms with Crippen molar-refractivity contribution in [2.24, 2.45) is 5.92 Å². The standard InChI is InChI=1S/C18H26N2O3S/c1-3-14(4-2)18(23)20-11-9-19(10-12-20)17(22)8-7-15(21)16-6-5-13-24-16/h5-6,13-14H,3-4,7-12H2,1-2H3. The Balaban J connectivity index is 1.76. The third kappa shape index (κ3) is 4.66. The summed E-state index contributed by atoms with van der Waals surface area (Å²) in [6.07, 6.45) is 2.22. The number of hydrogen-bond acceptors (Lipinski definition) is 4. The molecular formula is C18H26N2O3S. The Kier molecular flexibility index (Phi) is 6.97. The fourth-order valence-electron chi connectivity index (χ4n) is 3.01. The molecule has 2 amide bonds. The first kappa shape index (κ1) is 18.6.